The van der Waals surface area contributed by atoms with Crippen molar-refractivity contribution >= 4 is 44.9 Å². The number of carbonyl (C=O) groups is 1. The maximum absolute atomic E-state index is 12.2. The van der Waals surface area contributed by atoms with Crippen LogP contribution in [0.2, 0.25) is 5.02 Å². The summed E-state index contributed by atoms with van der Waals surface area (Å²) in [6, 6.07) is 10.3. The summed E-state index contributed by atoms with van der Waals surface area (Å²) in [6.07, 6.45) is 2.77. The van der Waals surface area contributed by atoms with Crippen molar-refractivity contribution in [2.45, 2.75) is 13.0 Å². The Bertz CT molecular complexity index is 1070. The largest absolute Gasteiger partial charge is 0.460 e. The molecule has 1 N–H and O–H groups in total. The van der Waals surface area contributed by atoms with Crippen LogP contribution in [0.5, 0.6) is 0 Å². The molecule has 0 unspecified atom stereocenters. The quantitative estimate of drug-likeness (QED) is 0.743. The lowest BCUT2D eigenvalue weighted by atomic mass is 10.1. The third-order valence-corrected chi connectivity index (χ3v) is 5.49. The first-order valence-corrected chi connectivity index (χ1v) is 10.2. The van der Waals surface area contributed by atoms with E-state index < -0.39 is 10.0 Å². The summed E-state index contributed by atoms with van der Waals surface area (Å²) in [7, 11) is -3.47. The first-order valence-electron chi connectivity index (χ1n) is 8.01. The van der Waals surface area contributed by atoms with Crippen LogP contribution in [0.25, 0.3) is 11.6 Å². The molecule has 3 rings (SSSR count). The van der Waals surface area contributed by atoms with Crippen LogP contribution in [0.4, 0.5) is 5.69 Å². The molecule has 0 bridgehead atoms. The second kappa shape index (κ2) is 7.56. The Kier molecular flexibility index (Phi) is 5.37. The lowest BCUT2D eigenvalue weighted by Gasteiger charge is -2.16. The standard InChI is InChI=1S/C18H16ClN3O4S/c1-27(24,25)22(8-2-7-20)11-14-5-4-13(26-14)10-16-15-6-3-12(19)9-17(15)21-18(16)23/h3-6,9-10H,2,8,11H2,1H3,(H,21,23)/b16-10+. The van der Waals surface area contributed by atoms with Gasteiger partial charge in [0.2, 0.25) is 10.0 Å². The van der Waals surface area contributed by atoms with Gasteiger partial charge in [0.25, 0.3) is 5.91 Å². The Morgan fingerprint density at radius 2 is 2.11 bits per heavy atom. The molecule has 1 aliphatic heterocycles. The van der Waals surface area contributed by atoms with Gasteiger partial charge in [-0.3, -0.25) is 4.79 Å². The highest BCUT2D eigenvalue weighted by Crippen LogP contribution is 2.35. The summed E-state index contributed by atoms with van der Waals surface area (Å²) >= 11 is 5.94. The summed E-state index contributed by atoms with van der Waals surface area (Å²) in [6.45, 7) is 0.102. The highest BCUT2D eigenvalue weighted by molar-refractivity contribution is 7.88. The normalized spacial score (nSPS) is 15.0. The van der Waals surface area contributed by atoms with Crippen LogP contribution >= 0.6 is 11.6 Å². The van der Waals surface area contributed by atoms with Crippen LogP contribution in [0.3, 0.4) is 0 Å². The van der Waals surface area contributed by atoms with Gasteiger partial charge >= 0.3 is 0 Å². The van der Waals surface area contributed by atoms with Crippen molar-refractivity contribution in [3.63, 3.8) is 0 Å². The van der Waals surface area contributed by atoms with E-state index in [1.165, 1.54) is 4.31 Å². The number of furan rings is 1. The average molecular weight is 406 g/mol. The number of halogens is 1. The minimum Gasteiger partial charge on any atom is -0.460 e. The van der Waals surface area contributed by atoms with Crippen LogP contribution in [-0.4, -0.2) is 31.4 Å². The maximum atomic E-state index is 12.2. The van der Waals surface area contributed by atoms with E-state index in [4.69, 9.17) is 21.3 Å². The molecule has 2 heterocycles. The van der Waals surface area contributed by atoms with Crippen molar-refractivity contribution in [3.8, 4) is 6.07 Å². The molecule has 1 aromatic carbocycles. The molecule has 0 saturated heterocycles. The number of carbonyl (C=O) groups excluding carboxylic acids is 1. The van der Waals surface area contributed by atoms with E-state index in [0.29, 0.717) is 33.4 Å². The molecule has 1 aromatic heterocycles. The van der Waals surface area contributed by atoms with Gasteiger partial charge in [-0.1, -0.05) is 17.7 Å². The van der Waals surface area contributed by atoms with Crippen molar-refractivity contribution < 1.29 is 17.6 Å². The zero-order valence-electron chi connectivity index (χ0n) is 14.4. The SMILES string of the molecule is CS(=O)(=O)N(CCC#N)Cc1ccc(/C=C2/C(=O)Nc3cc(Cl)ccc32)o1. The van der Waals surface area contributed by atoms with E-state index in [2.05, 4.69) is 5.32 Å². The first-order chi connectivity index (χ1) is 12.8. The first kappa shape index (κ1) is 19.2. The summed E-state index contributed by atoms with van der Waals surface area (Å²) < 4.78 is 30.5. The predicted molar refractivity (Wildman–Crippen MR) is 102 cm³/mol. The number of amides is 1. The number of nitrogens with zero attached hydrogens (tertiary/aromatic N) is 2. The highest BCUT2D eigenvalue weighted by atomic mass is 35.5. The van der Waals surface area contributed by atoms with Gasteiger partial charge in [0, 0.05) is 23.6 Å². The molecule has 0 radical (unpaired) electrons. The van der Waals surface area contributed by atoms with Crippen molar-refractivity contribution in [1.82, 2.24) is 4.31 Å². The number of nitriles is 1. The second-order valence-corrected chi connectivity index (χ2v) is 8.43. The van der Waals surface area contributed by atoms with Gasteiger partial charge in [-0.2, -0.15) is 9.57 Å². The van der Waals surface area contributed by atoms with Crippen molar-refractivity contribution in [3.05, 3.63) is 52.4 Å². The Labute approximate surface area is 161 Å². The highest BCUT2D eigenvalue weighted by Gasteiger charge is 2.25. The predicted octanol–water partition coefficient (Wildman–Crippen LogP) is 3.10. The average Bonchev–Trinajstić information content (AvgIpc) is 3.15. The lowest BCUT2D eigenvalue weighted by molar-refractivity contribution is -0.110. The Morgan fingerprint density at radius 1 is 1.33 bits per heavy atom. The molecule has 0 fully saturated rings. The number of benzene rings is 1. The number of anilines is 1. The van der Waals surface area contributed by atoms with Crippen molar-refractivity contribution in [2.24, 2.45) is 0 Å². The van der Waals surface area contributed by atoms with Gasteiger partial charge in [-0.05, 0) is 30.3 Å². The molecule has 27 heavy (non-hydrogen) atoms. The summed E-state index contributed by atoms with van der Waals surface area (Å²) in [4.78, 5) is 12.2. The van der Waals surface area contributed by atoms with Crippen LogP contribution in [0.15, 0.2) is 34.7 Å². The summed E-state index contributed by atoms with van der Waals surface area (Å²) in [5, 5.41) is 11.9. The topological polar surface area (TPSA) is 103 Å². The molecule has 0 aliphatic carbocycles. The number of nitrogens with one attached hydrogen (secondary N) is 1. The van der Waals surface area contributed by atoms with Gasteiger partial charge in [0.15, 0.2) is 0 Å². The number of hydrogen-bond acceptors (Lipinski definition) is 5. The number of sulfonamides is 1. The molecular weight excluding hydrogens is 390 g/mol. The fraction of sp³-hybridized carbons (Fsp3) is 0.222. The van der Waals surface area contributed by atoms with E-state index in [1.807, 2.05) is 6.07 Å². The monoisotopic (exact) mass is 405 g/mol. The van der Waals surface area contributed by atoms with Crippen molar-refractivity contribution in [1.29, 1.82) is 5.26 Å². The van der Waals surface area contributed by atoms with Gasteiger partial charge in [0.1, 0.15) is 11.5 Å². The smallest absolute Gasteiger partial charge is 0.256 e. The zero-order valence-corrected chi connectivity index (χ0v) is 16.0. The molecular formula is C18H16ClN3O4S. The summed E-state index contributed by atoms with van der Waals surface area (Å²) in [5.74, 6) is 0.573. The molecule has 0 saturated carbocycles. The van der Waals surface area contributed by atoms with Crippen LogP contribution in [0.1, 0.15) is 23.5 Å². The van der Waals surface area contributed by atoms with E-state index in [0.717, 1.165) is 6.26 Å². The van der Waals surface area contributed by atoms with Gasteiger partial charge in [-0.25, -0.2) is 8.42 Å². The third kappa shape index (κ3) is 4.39. The molecule has 1 amide bonds. The third-order valence-electron chi connectivity index (χ3n) is 4.01. The lowest BCUT2D eigenvalue weighted by Crippen LogP contribution is -2.30. The second-order valence-electron chi connectivity index (χ2n) is 6.01. The Hall–Kier alpha value is -2.60. The maximum Gasteiger partial charge on any atom is 0.256 e. The number of hydrogen-bond donors (Lipinski definition) is 1. The van der Waals surface area contributed by atoms with Gasteiger partial charge in [-0.15, -0.1) is 0 Å². The van der Waals surface area contributed by atoms with Crippen LogP contribution < -0.4 is 5.32 Å². The molecule has 9 heteroatoms. The minimum absolute atomic E-state index is 0.0160. The van der Waals surface area contributed by atoms with Crippen LogP contribution in [-0.2, 0) is 21.4 Å². The molecule has 1 aliphatic rings. The molecule has 7 nitrogen and oxygen atoms in total. The summed E-state index contributed by atoms with van der Waals surface area (Å²) in [5.41, 5.74) is 1.78. The van der Waals surface area contributed by atoms with Gasteiger partial charge < -0.3 is 9.73 Å². The zero-order chi connectivity index (χ0) is 19.6. The van der Waals surface area contributed by atoms with E-state index in [9.17, 15) is 13.2 Å². The minimum atomic E-state index is -3.47. The molecule has 0 atom stereocenters. The van der Waals surface area contributed by atoms with E-state index >= 15 is 0 Å². The van der Waals surface area contributed by atoms with Crippen molar-refractivity contribution in [2.75, 3.05) is 18.1 Å². The number of rotatable bonds is 6. The number of fused-ring (bicyclic) bond motifs is 1. The fourth-order valence-electron chi connectivity index (χ4n) is 2.72. The molecule has 2 aromatic rings. The fourth-order valence-corrected chi connectivity index (χ4v) is 3.68. The van der Waals surface area contributed by atoms with E-state index in [1.54, 1.807) is 36.4 Å². The van der Waals surface area contributed by atoms with E-state index in [-0.39, 0.29) is 25.4 Å². The van der Waals surface area contributed by atoms with Gasteiger partial charge in [0.05, 0.1) is 30.1 Å². The molecule has 0 spiro atoms. The molecule has 140 valence electrons. The Balaban J connectivity index is 1.83. The Morgan fingerprint density at radius 3 is 2.81 bits per heavy atom. The van der Waals surface area contributed by atoms with Crippen LogP contribution in [0, 0.1) is 11.3 Å².